The highest BCUT2D eigenvalue weighted by Gasteiger charge is 2.28. The predicted octanol–water partition coefficient (Wildman–Crippen LogP) is 2.59. The number of hydrogen-bond donors (Lipinski definition) is 2. The molecule has 1 heterocycles. The molecule has 0 aromatic heterocycles. The van der Waals surface area contributed by atoms with E-state index in [1.54, 1.807) is 12.1 Å². The van der Waals surface area contributed by atoms with Gasteiger partial charge in [0.05, 0.1) is 4.90 Å². The second kappa shape index (κ2) is 10.2. The Bertz CT molecular complexity index is 861. The van der Waals surface area contributed by atoms with E-state index < -0.39 is 10.0 Å². The molecule has 0 radical (unpaired) electrons. The second-order valence-electron chi connectivity index (χ2n) is 8.08. The van der Waals surface area contributed by atoms with Crippen LogP contribution < -0.4 is 10.6 Å². The van der Waals surface area contributed by atoms with E-state index in [1.165, 1.54) is 28.9 Å². The van der Waals surface area contributed by atoms with Gasteiger partial charge in [-0.3, -0.25) is 9.59 Å². The van der Waals surface area contributed by atoms with Crippen LogP contribution in [0.4, 0.5) is 0 Å². The first-order valence-corrected chi connectivity index (χ1v) is 12.2. The Morgan fingerprint density at radius 3 is 2.20 bits per heavy atom. The SMILES string of the molecule is C=CC(=O)NC1CCCN(S(=O)(=O)c2ccc(C(=O)NC3CCCCC3)cc2)CC1. The van der Waals surface area contributed by atoms with Crippen molar-refractivity contribution in [3.8, 4) is 0 Å². The van der Waals surface area contributed by atoms with Gasteiger partial charge in [-0.2, -0.15) is 4.31 Å². The van der Waals surface area contributed by atoms with Crippen molar-refractivity contribution >= 4 is 21.8 Å². The summed E-state index contributed by atoms with van der Waals surface area (Å²) in [4.78, 5) is 24.2. The zero-order chi connectivity index (χ0) is 21.6. The summed E-state index contributed by atoms with van der Waals surface area (Å²) in [7, 11) is -3.64. The van der Waals surface area contributed by atoms with Gasteiger partial charge in [0, 0.05) is 30.7 Å². The lowest BCUT2D eigenvalue weighted by atomic mass is 9.95. The normalized spacial score (nSPS) is 21.4. The van der Waals surface area contributed by atoms with E-state index in [0.717, 1.165) is 32.1 Å². The molecule has 1 aromatic carbocycles. The Kier molecular flexibility index (Phi) is 7.66. The van der Waals surface area contributed by atoms with Gasteiger partial charge in [0.1, 0.15) is 0 Å². The Hall–Kier alpha value is -2.19. The first kappa shape index (κ1) is 22.5. The van der Waals surface area contributed by atoms with Gasteiger partial charge in [-0.15, -0.1) is 0 Å². The Morgan fingerprint density at radius 2 is 1.53 bits per heavy atom. The smallest absolute Gasteiger partial charge is 0.251 e. The molecule has 1 atom stereocenters. The first-order valence-electron chi connectivity index (χ1n) is 10.7. The third kappa shape index (κ3) is 5.70. The predicted molar refractivity (Wildman–Crippen MR) is 116 cm³/mol. The Labute approximate surface area is 179 Å². The molecule has 1 aliphatic heterocycles. The molecule has 30 heavy (non-hydrogen) atoms. The molecule has 1 aromatic rings. The minimum atomic E-state index is -3.64. The van der Waals surface area contributed by atoms with Gasteiger partial charge in [-0.05, 0) is 62.4 Å². The van der Waals surface area contributed by atoms with Crippen LogP contribution in [0.15, 0.2) is 41.8 Å². The van der Waals surface area contributed by atoms with Crippen LogP contribution >= 0.6 is 0 Å². The van der Waals surface area contributed by atoms with Crippen molar-refractivity contribution in [2.45, 2.75) is 68.3 Å². The van der Waals surface area contributed by atoms with E-state index in [2.05, 4.69) is 17.2 Å². The average molecular weight is 434 g/mol. The number of nitrogens with one attached hydrogen (secondary N) is 2. The summed E-state index contributed by atoms with van der Waals surface area (Å²) in [5.74, 6) is -0.389. The van der Waals surface area contributed by atoms with Crippen LogP contribution in [0.5, 0.6) is 0 Å². The third-order valence-corrected chi connectivity index (χ3v) is 7.83. The van der Waals surface area contributed by atoms with E-state index in [1.807, 2.05) is 0 Å². The molecule has 3 rings (SSSR count). The zero-order valence-corrected chi connectivity index (χ0v) is 18.1. The maximum Gasteiger partial charge on any atom is 0.251 e. The second-order valence-corrected chi connectivity index (χ2v) is 10.0. The standard InChI is InChI=1S/C22H31N3O4S/c1-2-21(26)23-19-9-6-15-25(16-14-19)30(28,29)20-12-10-17(11-13-20)22(27)24-18-7-4-3-5-8-18/h2,10-13,18-19H,1,3-9,14-16H2,(H,23,26)(H,24,27). The Morgan fingerprint density at radius 1 is 0.900 bits per heavy atom. The maximum absolute atomic E-state index is 13.0. The van der Waals surface area contributed by atoms with Gasteiger partial charge in [-0.25, -0.2) is 8.42 Å². The molecule has 8 heteroatoms. The van der Waals surface area contributed by atoms with Crippen LogP contribution in [0, 0.1) is 0 Å². The van der Waals surface area contributed by atoms with E-state index >= 15 is 0 Å². The monoisotopic (exact) mass is 433 g/mol. The zero-order valence-electron chi connectivity index (χ0n) is 17.3. The minimum absolute atomic E-state index is 0.0541. The number of amides is 2. The summed E-state index contributed by atoms with van der Waals surface area (Å²) in [5, 5.41) is 5.90. The number of sulfonamides is 1. The molecule has 7 nitrogen and oxygen atoms in total. The van der Waals surface area contributed by atoms with Gasteiger partial charge in [0.15, 0.2) is 0 Å². The molecule has 0 bridgehead atoms. The van der Waals surface area contributed by atoms with Gasteiger partial charge in [-0.1, -0.05) is 25.8 Å². The van der Waals surface area contributed by atoms with Crippen molar-refractivity contribution in [3.63, 3.8) is 0 Å². The lowest BCUT2D eigenvalue weighted by molar-refractivity contribution is -0.117. The van der Waals surface area contributed by atoms with Crippen molar-refractivity contribution in [3.05, 3.63) is 42.5 Å². The van der Waals surface area contributed by atoms with Crippen molar-refractivity contribution < 1.29 is 18.0 Å². The van der Waals surface area contributed by atoms with Gasteiger partial charge in [0.2, 0.25) is 15.9 Å². The largest absolute Gasteiger partial charge is 0.350 e. The fraction of sp³-hybridized carbons (Fsp3) is 0.545. The van der Waals surface area contributed by atoms with Crippen molar-refractivity contribution in [1.29, 1.82) is 0 Å². The summed E-state index contributed by atoms with van der Waals surface area (Å²) in [5.41, 5.74) is 0.475. The minimum Gasteiger partial charge on any atom is -0.350 e. The fourth-order valence-electron chi connectivity index (χ4n) is 4.16. The number of carbonyl (C=O) groups is 2. The molecule has 2 N–H and O–H groups in total. The molecule has 1 aliphatic carbocycles. The molecule has 2 amide bonds. The summed E-state index contributed by atoms with van der Waals surface area (Å²) in [6.45, 7) is 4.20. The highest BCUT2D eigenvalue weighted by atomic mass is 32.2. The van der Waals surface area contributed by atoms with E-state index in [-0.39, 0.29) is 28.8 Å². The van der Waals surface area contributed by atoms with Crippen molar-refractivity contribution in [1.82, 2.24) is 14.9 Å². The molecule has 2 fully saturated rings. The fourth-order valence-corrected chi connectivity index (χ4v) is 5.65. The van der Waals surface area contributed by atoms with Crippen LogP contribution in [0.3, 0.4) is 0 Å². The molecular weight excluding hydrogens is 402 g/mol. The maximum atomic E-state index is 13.0. The number of carbonyl (C=O) groups excluding carboxylic acids is 2. The topological polar surface area (TPSA) is 95.6 Å². The van der Waals surface area contributed by atoms with E-state index in [4.69, 9.17) is 0 Å². The first-order chi connectivity index (χ1) is 14.4. The summed E-state index contributed by atoms with van der Waals surface area (Å²) < 4.78 is 27.6. The van der Waals surface area contributed by atoms with Gasteiger partial charge < -0.3 is 10.6 Å². The van der Waals surface area contributed by atoms with Crippen molar-refractivity contribution in [2.75, 3.05) is 13.1 Å². The molecule has 1 saturated carbocycles. The molecular formula is C22H31N3O4S. The molecule has 0 spiro atoms. The summed E-state index contributed by atoms with van der Waals surface area (Å²) in [6, 6.07) is 6.33. The molecule has 1 unspecified atom stereocenters. The van der Waals surface area contributed by atoms with Crippen LogP contribution in [0.2, 0.25) is 0 Å². The number of hydrogen-bond acceptors (Lipinski definition) is 4. The summed E-state index contributed by atoms with van der Waals surface area (Å²) >= 11 is 0. The highest BCUT2D eigenvalue weighted by Crippen LogP contribution is 2.22. The van der Waals surface area contributed by atoms with Gasteiger partial charge in [0.25, 0.3) is 5.91 Å². The molecule has 2 aliphatic rings. The van der Waals surface area contributed by atoms with Crippen LogP contribution in [0.1, 0.15) is 61.7 Å². The van der Waals surface area contributed by atoms with Crippen LogP contribution in [0.25, 0.3) is 0 Å². The van der Waals surface area contributed by atoms with Crippen LogP contribution in [-0.2, 0) is 14.8 Å². The highest BCUT2D eigenvalue weighted by molar-refractivity contribution is 7.89. The van der Waals surface area contributed by atoms with E-state index in [9.17, 15) is 18.0 Å². The van der Waals surface area contributed by atoms with Gasteiger partial charge >= 0.3 is 0 Å². The lowest BCUT2D eigenvalue weighted by Gasteiger charge is -2.23. The molecule has 164 valence electrons. The lowest BCUT2D eigenvalue weighted by Crippen LogP contribution is -2.36. The van der Waals surface area contributed by atoms with E-state index in [0.29, 0.717) is 31.5 Å². The number of benzene rings is 1. The Balaban J connectivity index is 1.62. The number of rotatable bonds is 6. The summed E-state index contributed by atoms with van der Waals surface area (Å²) in [6.07, 6.45) is 8.67. The third-order valence-electron chi connectivity index (χ3n) is 5.91. The molecule has 1 saturated heterocycles. The number of nitrogens with zero attached hydrogens (tertiary/aromatic N) is 1. The van der Waals surface area contributed by atoms with Crippen molar-refractivity contribution in [2.24, 2.45) is 0 Å². The van der Waals surface area contributed by atoms with Crippen LogP contribution in [-0.4, -0.2) is 49.7 Å². The quantitative estimate of drug-likeness (QED) is 0.674. The average Bonchev–Trinajstić information content (AvgIpc) is 3.00.